The summed E-state index contributed by atoms with van der Waals surface area (Å²) in [7, 11) is 0. The zero-order valence-electron chi connectivity index (χ0n) is 14.2. The van der Waals surface area contributed by atoms with Gasteiger partial charge in [0, 0.05) is 19.5 Å². The predicted molar refractivity (Wildman–Crippen MR) is 92.1 cm³/mol. The molecule has 1 saturated heterocycles. The minimum absolute atomic E-state index is 0.106. The number of nitrogens with zero attached hydrogens (tertiary/aromatic N) is 3. The van der Waals surface area contributed by atoms with E-state index in [0.717, 1.165) is 48.9 Å². The van der Waals surface area contributed by atoms with Gasteiger partial charge in [0.25, 0.3) is 5.91 Å². The van der Waals surface area contributed by atoms with Crippen molar-refractivity contribution >= 4 is 17.2 Å². The van der Waals surface area contributed by atoms with Crippen LogP contribution in [0, 0.1) is 11.8 Å². The van der Waals surface area contributed by atoms with Crippen LogP contribution in [0.25, 0.3) is 0 Å². The molecule has 1 aliphatic carbocycles. The third kappa shape index (κ3) is 2.57. The van der Waals surface area contributed by atoms with Gasteiger partial charge in [0.05, 0.1) is 10.3 Å². The molecule has 5 nitrogen and oxygen atoms in total. The van der Waals surface area contributed by atoms with E-state index in [1.54, 1.807) is 0 Å². The van der Waals surface area contributed by atoms with Crippen LogP contribution in [0.15, 0.2) is 22.0 Å². The second kappa shape index (κ2) is 5.99. The van der Waals surface area contributed by atoms with Crippen molar-refractivity contribution in [2.45, 2.75) is 44.9 Å². The van der Waals surface area contributed by atoms with Crippen molar-refractivity contribution in [3.63, 3.8) is 0 Å². The molecule has 0 bridgehead atoms. The fourth-order valence-electron chi connectivity index (χ4n) is 4.25. The molecule has 0 spiro atoms. The van der Waals surface area contributed by atoms with Crippen LogP contribution in [-0.2, 0) is 11.8 Å². The molecule has 24 heavy (non-hydrogen) atoms. The van der Waals surface area contributed by atoms with Gasteiger partial charge < -0.3 is 9.42 Å². The van der Waals surface area contributed by atoms with Gasteiger partial charge in [-0.15, -0.1) is 11.3 Å². The van der Waals surface area contributed by atoms with Gasteiger partial charge >= 0.3 is 0 Å². The quantitative estimate of drug-likeness (QED) is 0.850. The van der Waals surface area contributed by atoms with Crippen LogP contribution >= 0.6 is 11.3 Å². The summed E-state index contributed by atoms with van der Waals surface area (Å²) in [6, 6.07) is 3.84. The Morgan fingerprint density at radius 2 is 2.42 bits per heavy atom. The summed E-state index contributed by atoms with van der Waals surface area (Å²) in [5.74, 6) is 2.64. The number of hydrogen-bond acceptors (Lipinski definition) is 5. The Balaban J connectivity index is 1.59. The van der Waals surface area contributed by atoms with E-state index in [9.17, 15) is 4.79 Å². The number of carbonyl (C=O) groups excluding carboxylic acids is 1. The zero-order chi connectivity index (χ0) is 16.7. The molecule has 2 aromatic rings. The largest absolute Gasteiger partial charge is 0.339 e. The van der Waals surface area contributed by atoms with E-state index >= 15 is 0 Å². The minimum atomic E-state index is -0.106. The molecule has 2 aliphatic rings. The summed E-state index contributed by atoms with van der Waals surface area (Å²) in [6.07, 6.45) is 4.18. The first-order chi connectivity index (χ1) is 11.6. The highest BCUT2D eigenvalue weighted by atomic mass is 32.1. The highest BCUT2D eigenvalue weighted by Crippen LogP contribution is 2.49. The third-order valence-electron chi connectivity index (χ3n) is 5.39. The van der Waals surface area contributed by atoms with Crippen molar-refractivity contribution in [2.75, 3.05) is 13.1 Å². The highest BCUT2D eigenvalue weighted by molar-refractivity contribution is 7.12. The van der Waals surface area contributed by atoms with Crippen LogP contribution in [-0.4, -0.2) is 34.0 Å². The molecule has 0 N–H and O–H groups in total. The molecule has 0 aromatic carbocycles. The maximum atomic E-state index is 12.7. The smallest absolute Gasteiger partial charge is 0.263 e. The second-order valence-electron chi connectivity index (χ2n) is 7.52. The van der Waals surface area contributed by atoms with E-state index in [1.807, 2.05) is 22.4 Å². The Morgan fingerprint density at radius 3 is 3.17 bits per heavy atom. The number of hydrogen-bond donors (Lipinski definition) is 0. The number of fused-ring (bicyclic) bond motifs is 1. The summed E-state index contributed by atoms with van der Waals surface area (Å²) in [5, 5.41) is 6.28. The van der Waals surface area contributed by atoms with E-state index in [1.165, 1.54) is 17.8 Å². The van der Waals surface area contributed by atoms with Crippen molar-refractivity contribution in [2.24, 2.45) is 11.8 Å². The molecule has 0 radical (unpaired) electrons. The van der Waals surface area contributed by atoms with E-state index < -0.39 is 0 Å². The number of likely N-dealkylation sites (tertiary alicyclic amines) is 1. The van der Waals surface area contributed by atoms with Gasteiger partial charge in [-0.1, -0.05) is 31.5 Å². The Kier molecular flexibility index (Phi) is 3.95. The minimum Gasteiger partial charge on any atom is -0.339 e. The SMILES string of the molecule is CC(C)Cc1nc(C23CCCC2CN(C(=O)c2cccs2)C3)no1. The first kappa shape index (κ1) is 15.8. The zero-order valence-corrected chi connectivity index (χ0v) is 15.0. The summed E-state index contributed by atoms with van der Waals surface area (Å²) >= 11 is 1.51. The monoisotopic (exact) mass is 345 g/mol. The number of rotatable bonds is 4. The Bertz CT molecular complexity index is 724. The Morgan fingerprint density at radius 1 is 1.54 bits per heavy atom. The Labute approximate surface area is 146 Å². The van der Waals surface area contributed by atoms with Gasteiger partial charge in [-0.3, -0.25) is 4.79 Å². The van der Waals surface area contributed by atoms with E-state index in [4.69, 9.17) is 9.51 Å². The molecule has 6 heteroatoms. The fourth-order valence-corrected chi connectivity index (χ4v) is 4.95. The van der Waals surface area contributed by atoms with Gasteiger partial charge in [0.1, 0.15) is 0 Å². The van der Waals surface area contributed by atoms with Gasteiger partial charge in [-0.2, -0.15) is 4.98 Å². The fraction of sp³-hybridized carbons (Fsp3) is 0.611. The Hall–Kier alpha value is -1.69. The number of aromatic nitrogens is 2. The molecule has 3 heterocycles. The lowest BCUT2D eigenvalue weighted by Crippen LogP contribution is -2.35. The third-order valence-corrected chi connectivity index (χ3v) is 6.24. The standard InChI is InChI=1S/C18H23N3O2S/c1-12(2)9-15-19-17(20-23-15)18-7-3-5-13(18)10-21(11-18)16(22)14-6-4-8-24-14/h4,6,8,12-13H,3,5,7,9-11H2,1-2H3. The number of amides is 1. The average Bonchev–Trinajstić information content (AvgIpc) is 3.29. The molecule has 2 unspecified atom stereocenters. The highest BCUT2D eigenvalue weighted by Gasteiger charge is 2.54. The number of carbonyl (C=O) groups is 1. The van der Waals surface area contributed by atoms with Crippen molar-refractivity contribution < 1.29 is 9.32 Å². The molecule has 4 rings (SSSR count). The van der Waals surface area contributed by atoms with Crippen LogP contribution in [0.4, 0.5) is 0 Å². The molecule has 1 saturated carbocycles. The number of thiophene rings is 1. The lowest BCUT2D eigenvalue weighted by molar-refractivity contribution is 0.0781. The molecule has 128 valence electrons. The topological polar surface area (TPSA) is 59.2 Å². The van der Waals surface area contributed by atoms with Crippen LogP contribution in [0.2, 0.25) is 0 Å². The predicted octanol–water partition coefficient (Wildman–Crippen LogP) is 3.52. The van der Waals surface area contributed by atoms with Crippen molar-refractivity contribution in [3.8, 4) is 0 Å². The normalized spacial score (nSPS) is 26.3. The van der Waals surface area contributed by atoms with Crippen molar-refractivity contribution in [1.29, 1.82) is 0 Å². The molecule has 2 atom stereocenters. The molecule has 1 aliphatic heterocycles. The van der Waals surface area contributed by atoms with Gasteiger partial charge in [-0.25, -0.2) is 0 Å². The van der Waals surface area contributed by atoms with Crippen molar-refractivity contribution in [1.82, 2.24) is 15.0 Å². The summed E-state index contributed by atoms with van der Waals surface area (Å²) in [4.78, 5) is 20.3. The van der Waals surface area contributed by atoms with Crippen LogP contribution in [0.1, 0.15) is 54.5 Å². The van der Waals surface area contributed by atoms with Crippen LogP contribution in [0.5, 0.6) is 0 Å². The lowest BCUT2D eigenvalue weighted by atomic mass is 9.80. The molecular weight excluding hydrogens is 322 g/mol. The second-order valence-corrected chi connectivity index (χ2v) is 8.47. The first-order valence-electron chi connectivity index (χ1n) is 8.74. The lowest BCUT2D eigenvalue weighted by Gasteiger charge is -2.24. The van der Waals surface area contributed by atoms with Crippen LogP contribution in [0.3, 0.4) is 0 Å². The maximum Gasteiger partial charge on any atom is 0.263 e. The van der Waals surface area contributed by atoms with E-state index in [0.29, 0.717) is 11.8 Å². The van der Waals surface area contributed by atoms with Gasteiger partial charge in [-0.05, 0) is 36.1 Å². The molecule has 2 aromatic heterocycles. The molecular formula is C18H23N3O2S. The summed E-state index contributed by atoms with van der Waals surface area (Å²) in [6.45, 7) is 5.83. The average molecular weight is 345 g/mol. The maximum absolute atomic E-state index is 12.7. The molecule has 1 amide bonds. The summed E-state index contributed by atoms with van der Waals surface area (Å²) < 4.78 is 5.50. The molecule has 2 fully saturated rings. The summed E-state index contributed by atoms with van der Waals surface area (Å²) in [5.41, 5.74) is -0.106. The van der Waals surface area contributed by atoms with Gasteiger partial charge in [0.15, 0.2) is 5.82 Å². The van der Waals surface area contributed by atoms with Gasteiger partial charge in [0.2, 0.25) is 5.89 Å². The first-order valence-corrected chi connectivity index (χ1v) is 9.62. The van der Waals surface area contributed by atoms with E-state index in [-0.39, 0.29) is 11.3 Å². The van der Waals surface area contributed by atoms with E-state index in [2.05, 4.69) is 19.0 Å². The van der Waals surface area contributed by atoms with Crippen LogP contribution < -0.4 is 0 Å². The van der Waals surface area contributed by atoms with Crippen molar-refractivity contribution in [3.05, 3.63) is 34.1 Å².